The second-order valence-electron chi connectivity index (χ2n) is 4.13. The van der Waals surface area contributed by atoms with Crippen molar-refractivity contribution in [2.75, 3.05) is 19.1 Å². The van der Waals surface area contributed by atoms with E-state index in [1.54, 1.807) is 35.2 Å². The third-order valence-corrected chi connectivity index (χ3v) is 4.36. The van der Waals surface area contributed by atoms with Crippen LogP contribution in [0, 0.1) is 0 Å². The average Bonchev–Trinajstić information content (AvgIpc) is 2.83. The monoisotopic (exact) mass is 299 g/mol. The van der Waals surface area contributed by atoms with Crippen molar-refractivity contribution in [2.45, 2.75) is 13.0 Å². The normalized spacial score (nSPS) is 12.6. The average molecular weight is 299 g/mol. The van der Waals surface area contributed by atoms with Gasteiger partial charge in [0.05, 0.1) is 5.56 Å². The summed E-state index contributed by atoms with van der Waals surface area (Å²) in [5.41, 5.74) is 0.602. The molecule has 1 unspecified atom stereocenters. The van der Waals surface area contributed by atoms with E-state index in [1.807, 2.05) is 13.2 Å². The Bertz CT molecular complexity index is 482. The molecule has 104 valence electrons. The number of hydrogen-bond acceptors (Lipinski definition) is 4. The van der Waals surface area contributed by atoms with Crippen molar-refractivity contribution in [3.63, 3.8) is 0 Å². The van der Waals surface area contributed by atoms with Crippen molar-refractivity contribution < 1.29 is 14.7 Å². The van der Waals surface area contributed by atoms with Crippen molar-refractivity contribution >= 4 is 41.1 Å². The molecule has 0 bridgehead atoms. The maximum Gasteiger partial charge on any atom is 0.328 e. The number of carbonyl (C=O) groups excluding carboxylic acids is 1. The molecule has 4 nitrogen and oxygen atoms in total. The molecule has 0 aliphatic carbocycles. The number of carboxylic acids is 1. The molecule has 1 heterocycles. The van der Waals surface area contributed by atoms with Crippen LogP contribution >= 0.6 is 23.1 Å². The van der Waals surface area contributed by atoms with E-state index < -0.39 is 5.97 Å². The van der Waals surface area contributed by atoms with Crippen LogP contribution in [0.4, 0.5) is 0 Å². The largest absolute Gasteiger partial charge is 0.478 e. The van der Waals surface area contributed by atoms with E-state index in [2.05, 4.69) is 0 Å². The van der Waals surface area contributed by atoms with Gasteiger partial charge in [0.2, 0.25) is 0 Å². The first kappa shape index (κ1) is 15.8. The lowest BCUT2D eigenvalue weighted by Gasteiger charge is -2.23. The highest BCUT2D eigenvalue weighted by Crippen LogP contribution is 2.18. The molecule has 0 aromatic carbocycles. The summed E-state index contributed by atoms with van der Waals surface area (Å²) in [5.74, 6) is -0.141. The molecule has 0 radical (unpaired) electrons. The highest BCUT2D eigenvalue weighted by Gasteiger charge is 2.17. The van der Waals surface area contributed by atoms with Gasteiger partial charge in [-0.25, -0.2) is 4.79 Å². The first-order chi connectivity index (χ1) is 8.95. The minimum absolute atomic E-state index is 0.0345. The molecule has 1 aromatic heterocycles. The summed E-state index contributed by atoms with van der Waals surface area (Å²) in [4.78, 5) is 25.1. The van der Waals surface area contributed by atoms with E-state index in [9.17, 15) is 9.59 Å². The van der Waals surface area contributed by atoms with Crippen LogP contribution in [0.15, 0.2) is 17.5 Å². The number of hydrogen-bond donors (Lipinski definition) is 1. The van der Waals surface area contributed by atoms with Crippen molar-refractivity contribution in [1.82, 2.24) is 4.90 Å². The van der Waals surface area contributed by atoms with E-state index in [-0.39, 0.29) is 11.9 Å². The SMILES string of the molecule is CSCC(C)N(C)C(=O)c1csc(/C=C/C(=O)O)c1. The Morgan fingerprint density at radius 2 is 2.26 bits per heavy atom. The maximum atomic E-state index is 12.2. The molecule has 1 N–H and O–H groups in total. The lowest BCUT2D eigenvalue weighted by Crippen LogP contribution is -2.36. The number of amides is 1. The second-order valence-corrected chi connectivity index (χ2v) is 5.98. The van der Waals surface area contributed by atoms with Crippen molar-refractivity contribution in [3.8, 4) is 0 Å². The topological polar surface area (TPSA) is 57.6 Å². The summed E-state index contributed by atoms with van der Waals surface area (Å²) >= 11 is 3.06. The molecule has 19 heavy (non-hydrogen) atoms. The molecule has 0 spiro atoms. The summed E-state index contributed by atoms with van der Waals surface area (Å²) < 4.78 is 0. The number of aliphatic carboxylic acids is 1. The minimum Gasteiger partial charge on any atom is -0.478 e. The number of rotatable bonds is 6. The molecule has 1 aromatic rings. The molecular formula is C13H17NO3S2. The summed E-state index contributed by atoms with van der Waals surface area (Å²) in [6.07, 6.45) is 4.57. The van der Waals surface area contributed by atoms with Gasteiger partial charge in [-0.3, -0.25) is 4.79 Å². The summed E-state index contributed by atoms with van der Waals surface area (Å²) in [6.45, 7) is 2.01. The van der Waals surface area contributed by atoms with E-state index >= 15 is 0 Å². The summed E-state index contributed by atoms with van der Waals surface area (Å²) in [7, 11) is 1.79. The number of thioether (sulfide) groups is 1. The molecule has 0 saturated heterocycles. The molecule has 6 heteroatoms. The lowest BCUT2D eigenvalue weighted by molar-refractivity contribution is -0.131. The smallest absolute Gasteiger partial charge is 0.328 e. The lowest BCUT2D eigenvalue weighted by atomic mass is 10.2. The Morgan fingerprint density at radius 1 is 1.58 bits per heavy atom. The van der Waals surface area contributed by atoms with Gasteiger partial charge in [-0.2, -0.15) is 11.8 Å². The van der Waals surface area contributed by atoms with Crippen molar-refractivity contribution in [3.05, 3.63) is 28.0 Å². The first-order valence-electron chi connectivity index (χ1n) is 5.71. The Balaban J connectivity index is 2.75. The molecule has 0 fully saturated rings. The van der Waals surface area contributed by atoms with Crippen LogP contribution in [0.5, 0.6) is 0 Å². The molecule has 1 atom stereocenters. The Morgan fingerprint density at radius 3 is 2.84 bits per heavy atom. The molecule has 0 aliphatic rings. The third-order valence-electron chi connectivity index (χ3n) is 2.65. The fourth-order valence-corrected chi connectivity index (χ4v) is 2.94. The molecular weight excluding hydrogens is 282 g/mol. The number of nitrogens with zero attached hydrogens (tertiary/aromatic N) is 1. The van der Waals surface area contributed by atoms with E-state index in [0.717, 1.165) is 16.7 Å². The highest BCUT2D eigenvalue weighted by molar-refractivity contribution is 7.98. The van der Waals surface area contributed by atoms with Crippen LogP contribution < -0.4 is 0 Å². The van der Waals surface area contributed by atoms with Gasteiger partial charge in [-0.15, -0.1) is 11.3 Å². The number of carboxylic acid groups (broad SMARTS) is 1. The van der Waals surface area contributed by atoms with Crippen LogP contribution in [0.1, 0.15) is 22.2 Å². The van der Waals surface area contributed by atoms with Gasteiger partial charge >= 0.3 is 5.97 Å². The first-order valence-corrected chi connectivity index (χ1v) is 7.98. The van der Waals surface area contributed by atoms with Crippen molar-refractivity contribution in [1.29, 1.82) is 0 Å². The molecule has 1 amide bonds. The minimum atomic E-state index is -0.994. The number of carbonyl (C=O) groups is 2. The Kier molecular flexibility index (Phi) is 6.11. The van der Waals surface area contributed by atoms with Crippen LogP contribution in [-0.4, -0.2) is 47.0 Å². The Hall–Kier alpha value is -1.27. The summed E-state index contributed by atoms with van der Waals surface area (Å²) in [5, 5.41) is 10.3. The van der Waals surface area contributed by atoms with Gasteiger partial charge < -0.3 is 10.0 Å². The Labute approximate surface area is 121 Å². The zero-order chi connectivity index (χ0) is 14.4. The van der Waals surface area contributed by atoms with E-state index in [0.29, 0.717) is 5.56 Å². The van der Waals surface area contributed by atoms with Crippen LogP contribution in [0.25, 0.3) is 6.08 Å². The van der Waals surface area contributed by atoms with Crippen LogP contribution in [0.2, 0.25) is 0 Å². The molecule has 1 rings (SSSR count). The third kappa shape index (κ3) is 4.72. The highest BCUT2D eigenvalue weighted by atomic mass is 32.2. The second kappa shape index (κ2) is 7.35. The number of thiophene rings is 1. The summed E-state index contributed by atoms with van der Waals surface area (Å²) in [6, 6.07) is 1.88. The molecule has 0 aliphatic heterocycles. The van der Waals surface area contributed by atoms with Gasteiger partial charge in [0.15, 0.2) is 0 Å². The maximum absolute atomic E-state index is 12.2. The fourth-order valence-electron chi connectivity index (χ4n) is 1.46. The molecule has 0 saturated carbocycles. The van der Waals surface area contributed by atoms with E-state index in [1.165, 1.54) is 17.4 Å². The van der Waals surface area contributed by atoms with Gasteiger partial charge in [0.25, 0.3) is 5.91 Å². The van der Waals surface area contributed by atoms with Crippen LogP contribution in [-0.2, 0) is 4.79 Å². The zero-order valence-electron chi connectivity index (χ0n) is 11.1. The van der Waals surface area contributed by atoms with Gasteiger partial charge in [0.1, 0.15) is 0 Å². The predicted molar refractivity (Wildman–Crippen MR) is 80.9 cm³/mol. The zero-order valence-corrected chi connectivity index (χ0v) is 12.8. The van der Waals surface area contributed by atoms with E-state index in [4.69, 9.17) is 5.11 Å². The van der Waals surface area contributed by atoms with Crippen LogP contribution in [0.3, 0.4) is 0 Å². The van der Waals surface area contributed by atoms with Crippen molar-refractivity contribution in [2.24, 2.45) is 0 Å². The standard InChI is InChI=1S/C13H17NO3S2/c1-9(7-18-3)14(2)13(17)10-6-11(19-8-10)4-5-12(15)16/h4-6,8-9H,7H2,1-3H3,(H,15,16)/b5-4+. The van der Waals surface area contributed by atoms with Gasteiger partial charge in [0, 0.05) is 35.2 Å². The predicted octanol–water partition coefficient (Wildman–Crippen LogP) is 2.67. The van der Waals surface area contributed by atoms with Gasteiger partial charge in [-0.1, -0.05) is 0 Å². The fraction of sp³-hybridized carbons (Fsp3) is 0.385. The quantitative estimate of drug-likeness (QED) is 0.821. The van der Waals surface area contributed by atoms with Gasteiger partial charge in [-0.05, 0) is 25.3 Å².